The zero-order chi connectivity index (χ0) is 20.9. The number of carbonyl (C=O) groups is 1. The number of nitrogens with zero attached hydrogens (tertiary/aromatic N) is 3. The highest BCUT2D eigenvalue weighted by Gasteiger charge is 2.25. The number of aromatic nitrogens is 3. The minimum Gasteiger partial charge on any atom is -0.357 e. The molecular formula is C19H23N5O3S2. The van der Waals surface area contributed by atoms with E-state index < -0.39 is 10.2 Å². The van der Waals surface area contributed by atoms with E-state index in [1.165, 1.54) is 34.1 Å². The molecule has 0 aliphatic carbocycles. The Morgan fingerprint density at radius 1 is 1.21 bits per heavy atom. The van der Waals surface area contributed by atoms with E-state index in [2.05, 4.69) is 15.3 Å². The van der Waals surface area contributed by atoms with E-state index in [9.17, 15) is 13.2 Å². The van der Waals surface area contributed by atoms with Crippen LogP contribution in [0.15, 0.2) is 64.9 Å². The number of hydrogen-bond donors (Lipinski definition) is 2. The van der Waals surface area contributed by atoms with Gasteiger partial charge in [-0.1, -0.05) is 30.0 Å². The summed E-state index contributed by atoms with van der Waals surface area (Å²) in [5.41, 5.74) is 1.07. The highest BCUT2D eigenvalue weighted by Crippen LogP contribution is 2.29. The lowest BCUT2D eigenvalue weighted by Gasteiger charge is -2.17. The number of rotatable bonds is 9. The Labute approximate surface area is 174 Å². The van der Waals surface area contributed by atoms with Crippen molar-refractivity contribution in [1.82, 2.24) is 23.6 Å². The van der Waals surface area contributed by atoms with E-state index in [1.54, 1.807) is 24.5 Å². The minimum absolute atomic E-state index is 0.190. The number of aryl methyl sites for hydroxylation is 1. The van der Waals surface area contributed by atoms with Crippen LogP contribution in [0.3, 0.4) is 0 Å². The molecule has 1 amide bonds. The Bertz CT molecular complexity index is 1040. The van der Waals surface area contributed by atoms with Crippen molar-refractivity contribution in [2.24, 2.45) is 0 Å². The summed E-state index contributed by atoms with van der Waals surface area (Å²) in [5, 5.41) is 3.20. The van der Waals surface area contributed by atoms with Crippen LogP contribution in [-0.4, -0.2) is 53.2 Å². The van der Waals surface area contributed by atoms with Crippen molar-refractivity contribution in [3.05, 3.63) is 66.2 Å². The van der Waals surface area contributed by atoms with Gasteiger partial charge in [0.15, 0.2) is 5.16 Å². The van der Waals surface area contributed by atoms with E-state index in [-0.39, 0.29) is 5.91 Å². The van der Waals surface area contributed by atoms with Crippen LogP contribution in [-0.2, 0) is 16.6 Å². The summed E-state index contributed by atoms with van der Waals surface area (Å²) in [5.74, 6) is -0.190. The maximum Gasteiger partial charge on any atom is 0.309 e. The van der Waals surface area contributed by atoms with Gasteiger partial charge in [0.25, 0.3) is 5.91 Å². The number of amides is 1. The number of imidazole rings is 1. The molecule has 0 aliphatic heterocycles. The van der Waals surface area contributed by atoms with Crippen molar-refractivity contribution in [3.63, 3.8) is 0 Å². The Balaban J connectivity index is 1.73. The second-order valence-corrected chi connectivity index (χ2v) is 9.48. The summed E-state index contributed by atoms with van der Waals surface area (Å²) in [4.78, 5) is 20.1. The van der Waals surface area contributed by atoms with Gasteiger partial charge in [0, 0.05) is 31.7 Å². The summed E-state index contributed by atoms with van der Waals surface area (Å²) in [6, 6.07) is 12.9. The van der Waals surface area contributed by atoms with Crippen LogP contribution in [0.5, 0.6) is 0 Å². The SMILES string of the molecule is CN(C)S(=O)(=O)n1c(CCCNC(=O)c2ccc[nH]2)cnc1Sc1ccccc1. The predicted molar refractivity (Wildman–Crippen MR) is 112 cm³/mol. The van der Waals surface area contributed by atoms with Gasteiger partial charge in [-0.25, -0.2) is 8.96 Å². The monoisotopic (exact) mass is 433 g/mol. The molecule has 10 heteroatoms. The van der Waals surface area contributed by atoms with Gasteiger partial charge in [0.2, 0.25) is 0 Å². The van der Waals surface area contributed by atoms with Crippen molar-refractivity contribution < 1.29 is 13.2 Å². The Morgan fingerprint density at radius 2 is 1.97 bits per heavy atom. The summed E-state index contributed by atoms with van der Waals surface area (Å²) < 4.78 is 28.2. The molecule has 0 aliphatic rings. The molecule has 8 nitrogen and oxygen atoms in total. The predicted octanol–water partition coefficient (Wildman–Crippen LogP) is 2.38. The molecule has 2 heterocycles. The van der Waals surface area contributed by atoms with Gasteiger partial charge in [-0.15, -0.1) is 0 Å². The summed E-state index contributed by atoms with van der Waals surface area (Å²) in [6.45, 7) is 0.423. The van der Waals surface area contributed by atoms with Crippen molar-refractivity contribution in [1.29, 1.82) is 0 Å². The summed E-state index contributed by atoms with van der Waals surface area (Å²) in [7, 11) is -0.744. The van der Waals surface area contributed by atoms with Crippen LogP contribution in [0.2, 0.25) is 0 Å². The maximum absolute atomic E-state index is 12.9. The smallest absolute Gasteiger partial charge is 0.309 e. The zero-order valence-electron chi connectivity index (χ0n) is 16.2. The van der Waals surface area contributed by atoms with Crippen LogP contribution in [0.25, 0.3) is 0 Å². The third-order valence-electron chi connectivity index (χ3n) is 4.14. The molecule has 0 radical (unpaired) electrons. The van der Waals surface area contributed by atoms with Gasteiger partial charge in [0.1, 0.15) is 5.69 Å². The molecule has 2 aromatic heterocycles. The lowest BCUT2D eigenvalue weighted by Crippen LogP contribution is -2.31. The first-order valence-electron chi connectivity index (χ1n) is 9.03. The fourth-order valence-electron chi connectivity index (χ4n) is 2.63. The van der Waals surface area contributed by atoms with Gasteiger partial charge in [-0.2, -0.15) is 12.7 Å². The molecular weight excluding hydrogens is 410 g/mol. The van der Waals surface area contributed by atoms with Crippen molar-refractivity contribution in [2.75, 3.05) is 20.6 Å². The van der Waals surface area contributed by atoms with Gasteiger partial charge in [-0.3, -0.25) is 4.79 Å². The molecule has 0 spiro atoms. The largest absolute Gasteiger partial charge is 0.357 e. The average Bonchev–Trinajstić information content (AvgIpc) is 3.36. The highest BCUT2D eigenvalue weighted by molar-refractivity contribution is 7.99. The molecule has 0 bridgehead atoms. The molecule has 0 atom stereocenters. The first kappa shape index (κ1) is 21.2. The van der Waals surface area contributed by atoms with Crippen LogP contribution in [0, 0.1) is 0 Å². The van der Waals surface area contributed by atoms with Gasteiger partial charge >= 0.3 is 10.2 Å². The lowest BCUT2D eigenvalue weighted by molar-refractivity contribution is 0.0949. The van der Waals surface area contributed by atoms with Crippen LogP contribution in [0.4, 0.5) is 0 Å². The van der Waals surface area contributed by atoms with E-state index in [4.69, 9.17) is 0 Å². The first-order valence-corrected chi connectivity index (χ1v) is 11.2. The Morgan fingerprint density at radius 3 is 2.62 bits per heavy atom. The average molecular weight is 434 g/mol. The molecule has 0 unspecified atom stereocenters. The molecule has 0 saturated heterocycles. The number of aromatic amines is 1. The second-order valence-electron chi connectivity index (χ2n) is 6.45. The minimum atomic E-state index is -3.73. The fourth-order valence-corrected chi connectivity index (χ4v) is 4.84. The van der Waals surface area contributed by atoms with Gasteiger partial charge in [-0.05, 0) is 37.1 Å². The van der Waals surface area contributed by atoms with Gasteiger partial charge < -0.3 is 10.3 Å². The van der Waals surface area contributed by atoms with Gasteiger partial charge in [0.05, 0.1) is 11.9 Å². The van der Waals surface area contributed by atoms with E-state index in [0.717, 1.165) is 4.90 Å². The van der Waals surface area contributed by atoms with Crippen LogP contribution in [0.1, 0.15) is 22.6 Å². The molecule has 2 N–H and O–H groups in total. The van der Waals surface area contributed by atoms with Crippen molar-refractivity contribution in [2.45, 2.75) is 22.9 Å². The number of nitrogens with one attached hydrogen (secondary N) is 2. The molecule has 3 rings (SSSR count). The van der Waals surface area contributed by atoms with E-state index in [0.29, 0.717) is 35.9 Å². The second kappa shape index (κ2) is 9.29. The van der Waals surface area contributed by atoms with Crippen molar-refractivity contribution in [3.8, 4) is 0 Å². The highest BCUT2D eigenvalue weighted by atomic mass is 32.2. The summed E-state index contributed by atoms with van der Waals surface area (Å²) >= 11 is 1.29. The summed E-state index contributed by atoms with van der Waals surface area (Å²) in [6.07, 6.45) is 4.31. The van der Waals surface area contributed by atoms with E-state index >= 15 is 0 Å². The third-order valence-corrected chi connectivity index (χ3v) is 7.03. The van der Waals surface area contributed by atoms with Crippen molar-refractivity contribution >= 4 is 27.9 Å². The quantitative estimate of drug-likeness (QED) is 0.505. The molecule has 0 fully saturated rings. The number of carbonyl (C=O) groups excluding carboxylic acids is 1. The number of hydrogen-bond acceptors (Lipinski definition) is 5. The molecule has 154 valence electrons. The maximum atomic E-state index is 12.9. The van der Waals surface area contributed by atoms with E-state index in [1.807, 2.05) is 30.3 Å². The topological polar surface area (TPSA) is 100 Å². The molecule has 3 aromatic rings. The normalized spacial score (nSPS) is 11.7. The Kier molecular flexibility index (Phi) is 6.78. The first-order chi connectivity index (χ1) is 13.9. The zero-order valence-corrected chi connectivity index (χ0v) is 17.8. The number of H-pyrrole nitrogens is 1. The third kappa shape index (κ3) is 5.08. The van der Waals surface area contributed by atoms with Crippen LogP contribution < -0.4 is 5.32 Å². The Hall–Kier alpha value is -2.56. The molecule has 0 saturated carbocycles. The number of benzene rings is 1. The molecule has 1 aromatic carbocycles. The van der Waals surface area contributed by atoms with Crippen LogP contribution >= 0.6 is 11.8 Å². The standard InChI is InChI=1S/C19H23N5O3S2/c1-23(2)29(26,27)24-15(8-6-13-21-18(25)17-11-7-12-20-17)14-22-19(24)28-16-9-4-3-5-10-16/h3-5,7,9-12,14,20H,6,8,13H2,1-2H3,(H,21,25). The molecule has 29 heavy (non-hydrogen) atoms. The fraction of sp³-hybridized carbons (Fsp3) is 0.263. The lowest BCUT2D eigenvalue weighted by atomic mass is 10.2.